The highest BCUT2D eigenvalue weighted by Gasteiger charge is 2.27. The first-order chi connectivity index (χ1) is 10.2. The highest BCUT2D eigenvalue weighted by molar-refractivity contribution is 5.95. The van der Waals surface area contributed by atoms with Crippen molar-refractivity contribution in [3.8, 4) is 0 Å². The summed E-state index contributed by atoms with van der Waals surface area (Å²) in [5, 5.41) is 11.2. The molecule has 1 rings (SSSR count). The van der Waals surface area contributed by atoms with Crippen LogP contribution in [0, 0.1) is 5.92 Å². The summed E-state index contributed by atoms with van der Waals surface area (Å²) in [7, 11) is 0. The Morgan fingerprint density at radius 1 is 1.27 bits per heavy atom. The Labute approximate surface area is 126 Å². The maximum absolute atomic E-state index is 12.3. The smallest absolute Gasteiger partial charge is 0.389 e. The first kappa shape index (κ1) is 18.0. The molecule has 1 aromatic carbocycles. The Morgan fingerprint density at radius 2 is 1.91 bits per heavy atom. The molecule has 0 aliphatic rings. The van der Waals surface area contributed by atoms with Gasteiger partial charge in [0.15, 0.2) is 0 Å². The van der Waals surface area contributed by atoms with E-state index in [1.165, 1.54) is 12.1 Å². The van der Waals surface area contributed by atoms with Gasteiger partial charge in [-0.25, -0.2) is 0 Å². The number of amides is 1. The van der Waals surface area contributed by atoms with E-state index in [-0.39, 0.29) is 30.9 Å². The Balaban J connectivity index is 2.67. The summed E-state index contributed by atoms with van der Waals surface area (Å²) in [5.74, 6) is -1.72. The first-order valence-corrected chi connectivity index (χ1v) is 6.83. The number of carbonyl (C=O) groups excluding carboxylic acids is 1. The van der Waals surface area contributed by atoms with E-state index in [0.29, 0.717) is 5.56 Å². The van der Waals surface area contributed by atoms with Crippen LogP contribution in [-0.2, 0) is 11.2 Å². The summed E-state index contributed by atoms with van der Waals surface area (Å²) in [5.41, 5.74) is 0.512. The second-order valence-electron chi connectivity index (χ2n) is 5.19. The van der Waals surface area contributed by atoms with Gasteiger partial charge in [0.05, 0.1) is 0 Å². The zero-order chi connectivity index (χ0) is 16.8. The molecule has 0 spiro atoms. The third kappa shape index (κ3) is 6.60. The third-order valence-corrected chi connectivity index (χ3v) is 3.07. The minimum atomic E-state index is -4.28. The fourth-order valence-corrected chi connectivity index (χ4v) is 1.97. The Kier molecular flexibility index (Phi) is 6.39. The Bertz CT molecular complexity index is 529. The molecule has 0 saturated carbocycles. The highest BCUT2D eigenvalue weighted by Crippen LogP contribution is 2.23. The van der Waals surface area contributed by atoms with Crippen molar-refractivity contribution < 1.29 is 27.9 Å². The molecule has 1 unspecified atom stereocenters. The van der Waals surface area contributed by atoms with Crippen LogP contribution in [0.3, 0.4) is 0 Å². The molecule has 1 aromatic rings. The monoisotopic (exact) mass is 317 g/mol. The number of rotatable bonds is 7. The minimum absolute atomic E-state index is 0.0873. The number of aryl methyl sites for hydroxylation is 1. The lowest BCUT2D eigenvalue weighted by Crippen LogP contribution is -2.30. The van der Waals surface area contributed by atoms with E-state index in [2.05, 4.69) is 5.32 Å². The van der Waals surface area contributed by atoms with Crippen LogP contribution in [0.15, 0.2) is 24.3 Å². The molecule has 0 bridgehead atoms. The maximum Gasteiger partial charge on any atom is 0.389 e. The van der Waals surface area contributed by atoms with E-state index in [1.807, 2.05) is 0 Å². The van der Waals surface area contributed by atoms with Crippen molar-refractivity contribution in [2.45, 2.75) is 32.4 Å². The zero-order valence-corrected chi connectivity index (χ0v) is 12.1. The molecule has 0 heterocycles. The third-order valence-electron chi connectivity index (χ3n) is 3.07. The standard InChI is InChI=1S/C15H18F3NO3/c1-10(8-13(20)21)9-19-14(22)12-5-3-2-4-11(12)6-7-15(16,17)18/h2-5,10H,6-9H2,1H3,(H,19,22)(H,20,21). The predicted molar refractivity (Wildman–Crippen MR) is 74.6 cm³/mol. The average molecular weight is 317 g/mol. The number of hydrogen-bond acceptors (Lipinski definition) is 2. The molecule has 2 N–H and O–H groups in total. The molecular formula is C15H18F3NO3. The van der Waals surface area contributed by atoms with Crippen LogP contribution in [0.4, 0.5) is 13.2 Å². The van der Waals surface area contributed by atoms with Gasteiger partial charge in [0.1, 0.15) is 0 Å². The fourth-order valence-electron chi connectivity index (χ4n) is 1.97. The van der Waals surface area contributed by atoms with Gasteiger partial charge in [0.2, 0.25) is 0 Å². The number of nitrogens with one attached hydrogen (secondary N) is 1. The minimum Gasteiger partial charge on any atom is -0.481 e. The van der Waals surface area contributed by atoms with Crippen molar-refractivity contribution in [2.75, 3.05) is 6.54 Å². The molecule has 4 nitrogen and oxygen atoms in total. The van der Waals surface area contributed by atoms with Gasteiger partial charge in [-0.15, -0.1) is 0 Å². The van der Waals surface area contributed by atoms with Crippen molar-refractivity contribution in [1.29, 1.82) is 0 Å². The molecule has 1 atom stereocenters. The fraction of sp³-hybridized carbons (Fsp3) is 0.467. The molecule has 0 fully saturated rings. The maximum atomic E-state index is 12.3. The van der Waals surface area contributed by atoms with Gasteiger partial charge in [-0.1, -0.05) is 25.1 Å². The summed E-state index contributed by atoms with van der Waals surface area (Å²) < 4.78 is 36.9. The van der Waals surface area contributed by atoms with Crippen LogP contribution in [0.2, 0.25) is 0 Å². The van der Waals surface area contributed by atoms with Crippen molar-refractivity contribution in [2.24, 2.45) is 5.92 Å². The van der Waals surface area contributed by atoms with Crippen LogP contribution in [0.5, 0.6) is 0 Å². The number of carboxylic acid groups (broad SMARTS) is 1. The SMILES string of the molecule is CC(CNC(=O)c1ccccc1CCC(F)(F)F)CC(=O)O. The Hall–Kier alpha value is -2.05. The van der Waals surface area contributed by atoms with Crippen LogP contribution < -0.4 is 5.32 Å². The summed E-state index contributed by atoms with van der Waals surface area (Å²) >= 11 is 0. The second kappa shape index (κ2) is 7.82. The molecule has 122 valence electrons. The number of carboxylic acids is 1. The van der Waals surface area contributed by atoms with Gasteiger partial charge in [0, 0.05) is 24.9 Å². The second-order valence-corrected chi connectivity index (χ2v) is 5.19. The molecule has 0 aliphatic heterocycles. The van der Waals surface area contributed by atoms with E-state index in [1.54, 1.807) is 19.1 Å². The Morgan fingerprint density at radius 3 is 2.50 bits per heavy atom. The normalized spacial score (nSPS) is 12.7. The van der Waals surface area contributed by atoms with Gasteiger partial charge in [-0.05, 0) is 24.0 Å². The molecular weight excluding hydrogens is 299 g/mol. The lowest BCUT2D eigenvalue weighted by Gasteiger charge is -2.13. The number of hydrogen-bond donors (Lipinski definition) is 2. The van der Waals surface area contributed by atoms with Crippen LogP contribution in [0.1, 0.15) is 35.7 Å². The van der Waals surface area contributed by atoms with Gasteiger partial charge in [-0.3, -0.25) is 9.59 Å². The lowest BCUT2D eigenvalue weighted by atomic mass is 10.0. The number of alkyl halides is 3. The number of benzene rings is 1. The van der Waals surface area contributed by atoms with Gasteiger partial charge in [-0.2, -0.15) is 13.2 Å². The van der Waals surface area contributed by atoms with Crippen molar-refractivity contribution in [3.05, 3.63) is 35.4 Å². The van der Waals surface area contributed by atoms with Gasteiger partial charge >= 0.3 is 12.1 Å². The topological polar surface area (TPSA) is 66.4 Å². The molecule has 1 amide bonds. The summed E-state index contributed by atoms with van der Waals surface area (Å²) in [6, 6.07) is 6.10. The van der Waals surface area contributed by atoms with Crippen molar-refractivity contribution >= 4 is 11.9 Å². The molecule has 0 aromatic heterocycles. The zero-order valence-electron chi connectivity index (χ0n) is 12.1. The average Bonchev–Trinajstić information content (AvgIpc) is 2.41. The molecule has 0 radical (unpaired) electrons. The largest absolute Gasteiger partial charge is 0.481 e. The summed E-state index contributed by atoms with van der Waals surface area (Å²) in [4.78, 5) is 22.6. The summed E-state index contributed by atoms with van der Waals surface area (Å²) in [6.45, 7) is 1.82. The van der Waals surface area contributed by atoms with Crippen LogP contribution >= 0.6 is 0 Å². The van der Waals surface area contributed by atoms with E-state index < -0.39 is 24.5 Å². The number of aliphatic carboxylic acids is 1. The molecule has 0 saturated heterocycles. The predicted octanol–water partition coefficient (Wildman–Crippen LogP) is 3.02. The van der Waals surface area contributed by atoms with Crippen LogP contribution in [-0.4, -0.2) is 29.7 Å². The van der Waals surface area contributed by atoms with Gasteiger partial charge in [0.25, 0.3) is 5.91 Å². The van der Waals surface area contributed by atoms with E-state index >= 15 is 0 Å². The lowest BCUT2D eigenvalue weighted by molar-refractivity contribution is -0.138. The van der Waals surface area contributed by atoms with Crippen molar-refractivity contribution in [1.82, 2.24) is 5.32 Å². The van der Waals surface area contributed by atoms with E-state index in [9.17, 15) is 22.8 Å². The highest BCUT2D eigenvalue weighted by atomic mass is 19.4. The first-order valence-electron chi connectivity index (χ1n) is 6.83. The van der Waals surface area contributed by atoms with Crippen LogP contribution in [0.25, 0.3) is 0 Å². The molecule has 22 heavy (non-hydrogen) atoms. The van der Waals surface area contributed by atoms with E-state index in [0.717, 1.165) is 0 Å². The number of carbonyl (C=O) groups is 2. The summed E-state index contributed by atoms with van der Waals surface area (Å²) in [6.07, 6.45) is -5.62. The molecule has 0 aliphatic carbocycles. The van der Waals surface area contributed by atoms with Crippen molar-refractivity contribution in [3.63, 3.8) is 0 Å². The quantitative estimate of drug-likeness (QED) is 0.812. The number of halogens is 3. The van der Waals surface area contributed by atoms with E-state index in [4.69, 9.17) is 5.11 Å². The van der Waals surface area contributed by atoms with Gasteiger partial charge < -0.3 is 10.4 Å². The molecule has 7 heteroatoms.